The number of hydrogen-bond donors (Lipinski definition) is 2. The molecule has 2 aromatic carbocycles. The van der Waals surface area contributed by atoms with Crippen LogP contribution < -0.4 is 20.5 Å². The topological polar surface area (TPSA) is 86.5 Å². The number of halogens is 4. The fraction of sp³-hybridized carbons (Fsp3) is 0.143. The molecule has 1 amide bonds. The molecular formula is C21H17F4N3O3. The maximum absolute atomic E-state index is 14.0. The van der Waals surface area contributed by atoms with Crippen LogP contribution in [0.25, 0.3) is 0 Å². The average Bonchev–Trinajstić information content (AvgIpc) is 2.68. The SMILES string of the molecule is Cc1ccc(C(=O)NCc2ccc(Oc3ccc(OC(F)(F)F)cc3F)cc2)c(N)n1. The number of aromatic nitrogens is 1. The Morgan fingerprint density at radius 3 is 2.35 bits per heavy atom. The quantitative estimate of drug-likeness (QED) is 0.547. The minimum atomic E-state index is -4.91. The van der Waals surface area contributed by atoms with Gasteiger partial charge in [0.25, 0.3) is 5.91 Å². The zero-order chi connectivity index (χ0) is 22.6. The summed E-state index contributed by atoms with van der Waals surface area (Å²) in [5.41, 5.74) is 7.44. The minimum absolute atomic E-state index is 0.134. The highest BCUT2D eigenvalue weighted by Crippen LogP contribution is 2.30. The molecule has 0 aliphatic rings. The van der Waals surface area contributed by atoms with Gasteiger partial charge in [-0.2, -0.15) is 0 Å². The smallest absolute Gasteiger partial charge is 0.454 e. The van der Waals surface area contributed by atoms with Crippen molar-refractivity contribution in [2.45, 2.75) is 19.8 Å². The lowest BCUT2D eigenvalue weighted by atomic mass is 10.2. The number of hydrogen-bond acceptors (Lipinski definition) is 5. The van der Waals surface area contributed by atoms with Gasteiger partial charge in [0.1, 0.15) is 17.3 Å². The molecule has 10 heteroatoms. The molecule has 1 heterocycles. The number of ether oxygens (including phenoxy) is 2. The van der Waals surface area contributed by atoms with E-state index in [0.29, 0.717) is 11.8 Å². The van der Waals surface area contributed by atoms with Gasteiger partial charge < -0.3 is 20.5 Å². The molecule has 3 N–H and O–H groups in total. The molecule has 0 spiro atoms. The van der Waals surface area contributed by atoms with Crippen molar-refractivity contribution >= 4 is 11.7 Å². The number of nitrogens with zero attached hydrogens (tertiary/aromatic N) is 1. The number of rotatable bonds is 6. The second-order valence-corrected chi connectivity index (χ2v) is 6.45. The molecule has 3 rings (SSSR count). The number of nitrogens with one attached hydrogen (secondary N) is 1. The molecule has 0 saturated heterocycles. The van der Waals surface area contributed by atoms with Gasteiger partial charge in [0.2, 0.25) is 0 Å². The third kappa shape index (κ3) is 6.08. The third-order valence-corrected chi connectivity index (χ3v) is 4.05. The fourth-order valence-electron chi connectivity index (χ4n) is 2.61. The van der Waals surface area contributed by atoms with E-state index < -0.39 is 17.9 Å². The number of alkyl halides is 3. The Bertz CT molecular complexity index is 1090. The molecule has 3 aromatic rings. The normalized spacial score (nSPS) is 11.1. The molecule has 0 atom stereocenters. The van der Waals surface area contributed by atoms with Gasteiger partial charge in [-0.1, -0.05) is 12.1 Å². The van der Waals surface area contributed by atoms with Crippen LogP contribution in [0.4, 0.5) is 23.4 Å². The molecule has 0 saturated carbocycles. The first-order valence-corrected chi connectivity index (χ1v) is 8.94. The number of aryl methyl sites for hydroxylation is 1. The van der Waals surface area contributed by atoms with Gasteiger partial charge in [0, 0.05) is 18.3 Å². The molecule has 0 unspecified atom stereocenters. The molecular weight excluding hydrogens is 418 g/mol. The van der Waals surface area contributed by atoms with E-state index in [1.165, 1.54) is 12.1 Å². The van der Waals surface area contributed by atoms with E-state index in [4.69, 9.17) is 10.5 Å². The number of carbonyl (C=O) groups excluding carboxylic acids is 1. The standard InChI is InChI=1S/C21H17F4N3O3/c1-12-2-8-16(19(26)28-12)20(29)27-11-13-3-5-14(6-4-13)30-18-9-7-15(10-17(18)22)31-21(23,24)25/h2-10H,11H2,1H3,(H2,26,28)(H,27,29). The summed E-state index contributed by atoms with van der Waals surface area (Å²) < 4.78 is 59.6. The van der Waals surface area contributed by atoms with Crippen molar-refractivity contribution in [3.05, 3.63) is 77.2 Å². The highest BCUT2D eigenvalue weighted by Gasteiger charge is 2.31. The van der Waals surface area contributed by atoms with Crippen LogP contribution in [0.1, 0.15) is 21.6 Å². The summed E-state index contributed by atoms with van der Waals surface area (Å²) in [6, 6.07) is 12.2. The highest BCUT2D eigenvalue weighted by atomic mass is 19.4. The molecule has 0 radical (unpaired) electrons. The van der Waals surface area contributed by atoms with Gasteiger partial charge in [0.15, 0.2) is 11.6 Å². The Balaban J connectivity index is 1.59. The van der Waals surface area contributed by atoms with Crippen LogP contribution in [-0.2, 0) is 6.54 Å². The van der Waals surface area contributed by atoms with Crippen LogP contribution in [0.3, 0.4) is 0 Å². The number of carbonyl (C=O) groups is 1. The summed E-state index contributed by atoms with van der Waals surface area (Å²) >= 11 is 0. The van der Waals surface area contributed by atoms with Crippen molar-refractivity contribution in [2.24, 2.45) is 0 Å². The molecule has 0 aliphatic heterocycles. The second-order valence-electron chi connectivity index (χ2n) is 6.45. The van der Waals surface area contributed by atoms with Gasteiger partial charge in [-0.25, -0.2) is 9.37 Å². The lowest BCUT2D eigenvalue weighted by Crippen LogP contribution is -2.24. The van der Waals surface area contributed by atoms with Gasteiger partial charge in [-0.05, 0) is 48.9 Å². The van der Waals surface area contributed by atoms with Crippen molar-refractivity contribution in [1.29, 1.82) is 0 Å². The van der Waals surface area contributed by atoms with Gasteiger partial charge >= 0.3 is 6.36 Å². The van der Waals surface area contributed by atoms with Crippen LogP contribution in [0.2, 0.25) is 0 Å². The number of amides is 1. The second kappa shape index (κ2) is 8.90. The molecule has 0 bridgehead atoms. The predicted molar refractivity (Wildman–Crippen MR) is 104 cm³/mol. The fourth-order valence-corrected chi connectivity index (χ4v) is 2.61. The van der Waals surface area contributed by atoms with E-state index in [1.54, 1.807) is 31.2 Å². The average molecular weight is 435 g/mol. The van der Waals surface area contributed by atoms with E-state index >= 15 is 0 Å². The maximum atomic E-state index is 14.0. The monoisotopic (exact) mass is 435 g/mol. The van der Waals surface area contributed by atoms with Crippen LogP contribution in [-0.4, -0.2) is 17.3 Å². The number of anilines is 1. The summed E-state index contributed by atoms with van der Waals surface area (Å²) in [6.45, 7) is 1.96. The van der Waals surface area contributed by atoms with E-state index in [2.05, 4.69) is 15.0 Å². The summed E-state index contributed by atoms with van der Waals surface area (Å²) in [6.07, 6.45) is -4.91. The lowest BCUT2D eigenvalue weighted by Gasteiger charge is -2.11. The van der Waals surface area contributed by atoms with Crippen molar-refractivity contribution in [1.82, 2.24) is 10.3 Å². The number of pyridine rings is 1. The zero-order valence-corrected chi connectivity index (χ0v) is 16.2. The van der Waals surface area contributed by atoms with Gasteiger partial charge in [0.05, 0.1) is 5.56 Å². The highest BCUT2D eigenvalue weighted by molar-refractivity contribution is 5.98. The van der Waals surface area contributed by atoms with E-state index in [1.807, 2.05) is 0 Å². The molecule has 1 aromatic heterocycles. The molecule has 0 fully saturated rings. The van der Waals surface area contributed by atoms with E-state index in [9.17, 15) is 22.4 Å². The largest absolute Gasteiger partial charge is 0.573 e. The molecule has 6 nitrogen and oxygen atoms in total. The summed E-state index contributed by atoms with van der Waals surface area (Å²) in [5, 5.41) is 2.71. The number of nitrogen functional groups attached to an aromatic ring is 1. The summed E-state index contributed by atoms with van der Waals surface area (Å²) in [7, 11) is 0. The van der Waals surface area contributed by atoms with Crippen molar-refractivity contribution in [3.63, 3.8) is 0 Å². The Labute approximate surface area is 174 Å². The van der Waals surface area contributed by atoms with Gasteiger partial charge in [-0.3, -0.25) is 4.79 Å². The summed E-state index contributed by atoms with van der Waals surface area (Å²) in [4.78, 5) is 16.3. The Kier molecular flexibility index (Phi) is 6.28. The van der Waals surface area contributed by atoms with Gasteiger partial charge in [-0.15, -0.1) is 13.2 Å². The first kappa shape index (κ1) is 21.9. The maximum Gasteiger partial charge on any atom is 0.573 e. The molecule has 31 heavy (non-hydrogen) atoms. The van der Waals surface area contributed by atoms with E-state index in [0.717, 1.165) is 17.7 Å². The Morgan fingerprint density at radius 2 is 1.74 bits per heavy atom. The van der Waals surface area contributed by atoms with Crippen molar-refractivity contribution < 1.29 is 31.8 Å². The number of benzene rings is 2. The molecule has 0 aliphatic carbocycles. The van der Waals surface area contributed by atoms with Crippen LogP contribution >= 0.6 is 0 Å². The minimum Gasteiger partial charge on any atom is -0.454 e. The third-order valence-electron chi connectivity index (χ3n) is 4.05. The van der Waals surface area contributed by atoms with E-state index in [-0.39, 0.29) is 35.3 Å². The first-order chi connectivity index (χ1) is 14.6. The lowest BCUT2D eigenvalue weighted by molar-refractivity contribution is -0.274. The first-order valence-electron chi connectivity index (χ1n) is 8.94. The van der Waals surface area contributed by atoms with Crippen LogP contribution in [0.5, 0.6) is 17.2 Å². The Hall–Kier alpha value is -3.82. The summed E-state index contributed by atoms with van der Waals surface area (Å²) in [5.74, 6) is -1.96. The van der Waals surface area contributed by atoms with Crippen molar-refractivity contribution in [3.8, 4) is 17.2 Å². The predicted octanol–water partition coefficient (Wildman–Crippen LogP) is 4.73. The zero-order valence-electron chi connectivity index (χ0n) is 16.2. The number of nitrogens with two attached hydrogens (primary N) is 1. The van der Waals surface area contributed by atoms with Crippen LogP contribution in [0.15, 0.2) is 54.6 Å². The van der Waals surface area contributed by atoms with Crippen LogP contribution in [0, 0.1) is 12.7 Å². The van der Waals surface area contributed by atoms with Crippen molar-refractivity contribution in [2.75, 3.05) is 5.73 Å². The Morgan fingerprint density at radius 1 is 1.06 bits per heavy atom. The molecule has 162 valence electrons.